The number of hydrogen-bond donors (Lipinski definition) is 0. The number of carbonyl (C=O) groups excluding carboxylic acids is 1. The van der Waals surface area contributed by atoms with Gasteiger partial charge in [-0.1, -0.05) is 59.7 Å². The van der Waals surface area contributed by atoms with Gasteiger partial charge in [0.1, 0.15) is 6.29 Å². The smallest absolute Gasteiger partial charge is 0.120 e. The highest BCUT2D eigenvalue weighted by Gasteiger charge is 2.13. The van der Waals surface area contributed by atoms with Crippen LogP contribution in [0.25, 0.3) is 0 Å². The van der Waals surface area contributed by atoms with Crippen LogP contribution in [0, 0.1) is 13.8 Å². The number of hydrogen-bond acceptors (Lipinski definition) is 1. The molecule has 0 aliphatic rings. The highest BCUT2D eigenvalue weighted by molar-refractivity contribution is 5.50. The third-order valence-electron chi connectivity index (χ3n) is 3.53. The molecular weight excluding hydrogens is 232 g/mol. The van der Waals surface area contributed by atoms with Gasteiger partial charge in [-0.2, -0.15) is 0 Å². The van der Waals surface area contributed by atoms with E-state index in [1.54, 1.807) is 0 Å². The van der Waals surface area contributed by atoms with E-state index < -0.39 is 0 Å². The van der Waals surface area contributed by atoms with E-state index in [0.717, 1.165) is 12.7 Å². The fourth-order valence-corrected chi connectivity index (χ4v) is 2.36. The molecule has 0 amide bonds. The Balaban J connectivity index is 2.31. The number of aryl methyl sites for hydroxylation is 2. The third-order valence-corrected chi connectivity index (χ3v) is 3.53. The Morgan fingerprint density at radius 3 is 1.63 bits per heavy atom. The topological polar surface area (TPSA) is 17.1 Å². The Kier molecular flexibility index (Phi) is 4.51. The Morgan fingerprint density at radius 2 is 1.26 bits per heavy atom. The van der Waals surface area contributed by atoms with Crippen LogP contribution in [0.5, 0.6) is 0 Å². The van der Waals surface area contributed by atoms with Gasteiger partial charge in [-0.3, -0.25) is 0 Å². The van der Waals surface area contributed by atoms with Gasteiger partial charge in [-0.25, -0.2) is 0 Å². The Hall–Kier alpha value is -1.89. The molecule has 0 atom stereocenters. The molecule has 2 aromatic rings. The van der Waals surface area contributed by atoms with Crippen molar-refractivity contribution in [2.75, 3.05) is 0 Å². The van der Waals surface area contributed by atoms with E-state index in [1.807, 2.05) is 0 Å². The minimum Gasteiger partial charge on any atom is -0.303 e. The average molecular weight is 252 g/mol. The second-order valence-electron chi connectivity index (χ2n) is 5.12. The molecule has 0 saturated heterocycles. The van der Waals surface area contributed by atoms with Crippen molar-refractivity contribution < 1.29 is 4.79 Å². The van der Waals surface area contributed by atoms with Crippen LogP contribution in [-0.2, 0) is 4.79 Å². The summed E-state index contributed by atoms with van der Waals surface area (Å²) in [4.78, 5) is 10.7. The zero-order valence-electron chi connectivity index (χ0n) is 11.6. The van der Waals surface area contributed by atoms with Crippen LogP contribution in [0.4, 0.5) is 0 Å². The van der Waals surface area contributed by atoms with Gasteiger partial charge in [0.05, 0.1) is 0 Å². The maximum absolute atomic E-state index is 10.7. The predicted molar refractivity (Wildman–Crippen MR) is 79.5 cm³/mol. The van der Waals surface area contributed by atoms with Crippen LogP contribution in [-0.4, -0.2) is 6.29 Å². The van der Waals surface area contributed by atoms with Crippen LogP contribution in [0.15, 0.2) is 48.5 Å². The van der Waals surface area contributed by atoms with E-state index in [2.05, 4.69) is 62.4 Å². The largest absolute Gasteiger partial charge is 0.303 e. The zero-order valence-corrected chi connectivity index (χ0v) is 11.6. The summed E-state index contributed by atoms with van der Waals surface area (Å²) in [5, 5.41) is 0. The lowest BCUT2D eigenvalue weighted by atomic mass is 9.87. The molecule has 98 valence electrons. The molecule has 1 nitrogen and oxygen atoms in total. The molecule has 19 heavy (non-hydrogen) atoms. The number of rotatable bonds is 5. The van der Waals surface area contributed by atoms with Gasteiger partial charge in [-0.05, 0) is 31.4 Å². The molecule has 1 heteroatoms. The second-order valence-corrected chi connectivity index (χ2v) is 5.12. The molecule has 0 bridgehead atoms. The summed E-state index contributed by atoms with van der Waals surface area (Å²) in [5.41, 5.74) is 5.11. The van der Waals surface area contributed by atoms with Crippen LogP contribution < -0.4 is 0 Å². The lowest BCUT2D eigenvalue weighted by molar-refractivity contribution is -0.107. The molecule has 0 heterocycles. The molecule has 0 aliphatic heterocycles. The van der Waals surface area contributed by atoms with Crippen LogP contribution >= 0.6 is 0 Å². The van der Waals surface area contributed by atoms with E-state index >= 15 is 0 Å². The predicted octanol–water partition coefficient (Wildman–Crippen LogP) is 4.41. The van der Waals surface area contributed by atoms with E-state index in [-0.39, 0.29) is 0 Å². The van der Waals surface area contributed by atoms with Gasteiger partial charge in [0, 0.05) is 12.3 Å². The first-order valence-electron chi connectivity index (χ1n) is 6.77. The fraction of sp³-hybridized carbons (Fsp3) is 0.278. The normalized spacial score (nSPS) is 10.7. The molecular formula is C18H20O. The Morgan fingerprint density at radius 1 is 0.842 bits per heavy atom. The second kappa shape index (κ2) is 6.33. The molecule has 0 N–H and O–H groups in total. The highest BCUT2D eigenvalue weighted by Crippen LogP contribution is 2.29. The molecule has 0 saturated carbocycles. The average Bonchev–Trinajstić information content (AvgIpc) is 2.43. The van der Waals surface area contributed by atoms with Crippen LogP contribution in [0.2, 0.25) is 0 Å². The number of benzene rings is 2. The summed E-state index contributed by atoms with van der Waals surface area (Å²) in [6.45, 7) is 4.19. The lowest BCUT2D eigenvalue weighted by Crippen LogP contribution is -2.02. The van der Waals surface area contributed by atoms with E-state index in [9.17, 15) is 4.79 Å². The van der Waals surface area contributed by atoms with Crippen molar-refractivity contribution in [3.8, 4) is 0 Å². The summed E-state index contributed by atoms with van der Waals surface area (Å²) >= 11 is 0. The quantitative estimate of drug-likeness (QED) is 0.720. The molecule has 0 radical (unpaired) electrons. The first-order chi connectivity index (χ1) is 9.20. The van der Waals surface area contributed by atoms with E-state index in [4.69, 9.17) is 0 Å². The lowest BCUT2D eigenvalue weighted by Gasteiger charge is -2.17. The molecule has 0 fully saturated rings. The first kappa shape index (κ1) is 13.5. The molecule has 0 aromatic heterocycles. The number of aldehydes is 1. The van der Waals surface area contributed by atoms with Gasteiger partial charge in [-0.15, -0.1) is 0 Å². The summed E-state index contributed by atoms with van der Waals surface area (Å²) < 4.78 is 0. The summed E-state index contributed by atoms with van der Waals surface area (Å²) in [6.07, 6.45) is 2.48. The Bertz CT molecular complexity index is 477. The van der Waals surface area contributed by atoms with Crippen LogP contribution in [0.3, 0.4) is 0 Å². The summed E-state index contributed by atoms with van der Waals surface area (Å²) in [6, 6.07) is 17.2. The van der Waals surface area contributed by atoms with Gasteiger partial charge in [0.15, 0.2) is 0 Å². The third kappa shape index (κ3) is 3.54. The SMILES string of the molecule is Cc1ccc(C(CCC=O)c2ccc(C)cc2)cc1. The van der Waals surface area contributed by atoms with Gasteiger partial charge >= 0.3 is 0 Å². The standard InChI is InChI=1S/C18H20O/c1-14-5-9-16(10-6-14)18(4-3-13-19)17-11-7-15(2)8-12-17/h5-13,18H,3-4H2,1-2H3. The van der Waals surface area contributed by atoms with Crippen LogP contribution in [0.1, 0.15) is 41.0 Å². The van der Waals surface area contributed by atoms with Gasteiger partial charge in [0.2, 0.25) is 0 Å². The zero-order chi connectivity index (χ0) is 13.7. The van der Waals surface area contributed by atoms with E-state index in [0.29, 0.717) is 12.3 Å². The van der Waals surface area contributed by atoms with Crippen molar-refractivity contribution in [2.45, 2.75) is 32.6 Å². The monoisotopic (exact) mass is 252 g/mol. The fourth-order valence-electron chi connectivity index (χ4n) is 2.36. The minimum atomic E-state index is 0.311. The van der Waals surface area contributed by atoms with E-state index in [1.165, 1.54) is 22.3 Å². The van der Waals surface area contributed by atoms with Crippen molar-refractivity contribution >= 4 is 6.29 Å². The van der Waals surface area contributed by atoms with Gasteiger partial charge < -0.3 is 4.79 Å². The van der Waals surface area contributed by atoms with Crippen molar-refractivity contribution in [2.24, 2.45) is 0 Å². The van der Waals surface area contributed by atoms with Crippen molar-refractivity contribution in [1.82, 2.24) is 0 Å². The highest BCUT2D eigenvalue weighted by atomic mass is 16.1. The molecule has 0 unspecified atom stereocenters. The Labute approximate surface area is 115 Å². The van der Waals surface area contributed by atoms with Crippen molar-refractivity contribution in [1.29, 1.82) is 0 Å². The van der Waals surface area contributed by atoms with Gasteiger partial charge in [0.25, 0.3) is 0 Å². The summed E-state index contributed by atoms with van der Waals surface area (Å²) in [5.74, 6) is 0.311. The van der Waals surface area contributed by atoms with Crippen molar-refractivity contribution in [3.05, 3.63) is 70.8 Å². The molecule has 2 aromatic carbocycles. The van der Waals surface area contributed by atoms with Crippen molar-refractivity contribution in [3.63, 3.8) is 0 Å². The maximum atomic E-state index is 10.7. The number of carbonyl (C=O) groups is 1. The molecule has 0 spiro atoms. The maximum Gasteiger partial charge on any atom is 0.120 e. The minimum absolute atomic E-state index is 0.311. The summed E-state index contributed by atoms with van der Waals surface area (Å²) in [7, 11) is 0. The molecule has 2 rings (SSSR count). The molecule has 0 aliphatic carbocycles. The first-order valence-corrected chi connectivity index (χ1v) is 6.77.